The van der Waals surface area contributed by atoms with Crippen molar-refractivity contribution in [1.29, 1.82) is 0 Å². The van der Waals surface area contributed by atoms with Crippen molar-refractivity contribution in [2.45, 2.75) is 31.8 Å². The fraction of sp³-hybridized carbons (Fsp3) is 0.333. The Labute approximate surface area is 160 Å². The zero-order chi connectivity index (χ0) is 19.7. The van der Waals surface area contributed by atoms with Gasteiger partial charge in [0.2, 0.25) is 0 Å². The van der Waals surface area contributed by atoms with Gasteiger partial charge in [-0.05, 0) is 31.0 Å². The first kappa shape index (κ1) is 18.8. The van der Waals surface area contributed by atoms with E-state index in [0.29, 0.717) is 24.2 Å². The Morgan fingerprint density at radius 3 is 3.07 bits per heavy atom. The van der Waals surface area contributed by atoms with Crippen LogP contribution >= 0.6 is 8.60 Å². The van der Waals surface area contributed by atoms with Gasteiger partial charge in [-0.15, -0.1) is 6.42 Å². The lowest BCUT2D eigenvalue weighted by Crippen LogP contribution is -2.33. The van der Waals surface area contributed by atoms with Crippen LogP contribution in [0.1, 0.15) is 30.2 Å². The molecular weight excluding hydrogens is 390 g/mol. The second kappa shape index (κ2) is 7.86. The number of aromatic nitrogens is 2. The highest BCUT2D eigenvalue weighted by Crippen LogP contribution is 2.47. The zero-order valence-electron chi connectivity index (χ0n) is 14.6. The van der Waals surface area contributed by atoms with Crippen LogP contribution in [-0.2, 0) is 20.4 Å². The number of halogens is 1. The normalized spacial score (nSPS) is 23.6. The van der Waals surface area contributed by atoms with Gasteiger partial charge in [-0.25, -0.2) is 9.18 Å². The van der Waals surface area contributed by atoms with E-state index in [1.165, 1.54) is 22.9 Å². The van der Waals surface area contributed by atoms with Gasteiger partial charge in [-0.1, -0.05) is 5.92 Å². The monoisotopic (exact) mass is 406 g/mol. The van der Waals surface area contributed by atoms with Crippen molar-refractivity contribution in [3.63, 3.8) is 0 Å². The molecule has 3 atom stereocenters. The Morgan fingerprint density at radius 2 is 2.25 bits per heavy atom. The molecule has 0 amide bonds. The van der Waals surface area contributed by atoms with Gasteiger partial charge in [0.1, 0.15) is 23.4 Å². The number of H-pyrrole nitrogens is 1. The summed E-state index contributed by atoms with van der Waals surface area (Å²) in [4.78, 5) is 25.8. The molecule has 4 rings (SSSR count). The lowest BCUT2D eigenvalue weighted by atomic mass is 10.2. The Kier molecular flexibility index (Phi) is 5.29. The van der Waals surface area contributed by atoms with Gasteiger partial charge in [0.15, 0.2) is 0 Å². The van der Waals surface area contributed by atoms with E-state index < -0.39 is 26.1 Å². The molecule has 0 aliphatic carbocycles. The highest BCUT2D eigenvalue weighted by Gasteiger charge is 2.31. The molecule has 2 aromatic rings. The molecule has 0 spiro atoms. The highest BCUT2D eigenvalue weighted by molar-refractivity contribution is 7.42. The SMILES string of the molecule is C#Cc1cn(C2CCC(COP3OCc4cc(F)ccc4O3)O2)c(=O)[nH]c1=O. The molecule has 1 aromatic heterocycles. The number of rotatable bonds is 4. The molecule has 2 aliphatic rings. The topological polar surface area (TPSA) is 91.8 Å². The minimum Gasteiger partial charge on any atom is -0.426 e. The molecule has 1 aromatic carbocycles. The van der Waals surface area contributed by atoms with Gasteiger partial charge in [0.25, 0.3) is 5.56 Å². The summed E-state index contributed by atoms with van der Waals surface area (Å²) in [5.41, 5.74) is -0.495. The number of nitrogens with zero attached hydrogens (tertiary/aromatic N) is 1. The molecule has 146 valence electrons. The first-order chi connectivity index (χ1) is 13.5. The minimum atomic E-state index is -1.62. The first-order valence-corrected chi connectivity index (χ1v) is 9.63. The molecule has 3 heterocycles. The Hall–Kier alpha value is -2.50. The lowest BCUT2D eigenvalue weighted by Gasteiger charge is -2.24. The predicted molar refractivity (Wildman–Crippen MR) is 97.1 cm³/mol. The molecule has 28 heavy (non-hydrogen) atoms. The molecule has 2 aliphatic heterocycles. The Bertz CT molecular complexity index is 1050. The van der Waals surface area contributed by atoms with Crippen LogP contribution in [0.4, 0.5) is 4.39 Å². The van der Waals surface area contributed by atoms with E-state index >= 15 is 0 Å². The van der Waals surface area contributed by atoms with Crippen molar-refractivity contribution < 1.29 is 22.7 Å². The number of hydrogen-bond donors (Lipinski definition) is 1. The molecule has 8 nitrogen and oxygen atoms in total. The number of fused-ring (bicyclic) bond motifs is 1. The number of benzene rings is 1. The maximum atomic E-state index is 13.2. The van der Waals surface area contributed by atoms with Gasteiger partial charge in [-0.2, -0.15) is 0 Å². The van der Waals surface area contributed by atoms with E-state index in [-0.39, 0.29) is 30.7 Å². The third-order valence-electron chi connectivity index (χ3n) is 4.41. The van der Waals surface area contributed by atoms with Crippen LogP contribution in [0.5, 0.6) is 5.75 Å². The van der Waals surface area contributed by atoms with E-state index in [4.69, 9.17) is 24.7 Å². The van der Waals surface area contributed by atoms with Gasteiger partial charge in [0.05, 0.1) is 19.3 Å². The number of hydrogen-bond acceptors (Lipinski definition) is 6. The van der Waals surface area contributed by atoms with Gasteiger partial charge >= 0.3 is 14.3 Å². The van der Waals surface area contributed by atoms with Gasteiger partial charge < -0.3 is 9.26 Å². The van der Waals surface area contributed by atoms with Crippen LogP contribution < -0.4 is 15.8 Å². The molecule has 1 fully saturated rings. The predicted octanol–water partition coefficient (Wildman–Crippen LogP) is 2.19. The first-order valence-electron chi connectivity index (χ1n) is 8.53. The average Bonchev–Trinajstić information content (AvgIpc) is 3.15. The summed E-state index contributed by atoms with van der Waals surface area (Å²) in [6, 6.07) is 4.22. The summed E-state index contributed by atoms with van der Waals surface area (Å²) in [5.74, 6) is 2.42. The number of aromatic amines is 1. The minimum absolute atomic E-state index is 0.0606. The number of ether oxygens (including phenoxy) is 1. The van der Waals surface area contributed by atoms with Crippen molar-refractivity contribution >= 4 is 8.60 Å². The van der Waals surface area contributed by atoms with Crippen LogP contribution in [0.2, 0.25) is 0 Å². The van der Waals surface area contributed by atoms with Crippen molar-refractivity contribution in [3.8, 4) is 18.1 Å². The maximum absolute atomic E-state index is 13.2. The van der Waals surface area contributed by atoms with Crippen molar-refractivity contribution in [2.24, 2.45) is 0 Å². The van der Waals surface area contributed by atoms with E-state index in [1.807, 2.05) is 0 Å². The molecule has 10 heteroatoms. The molecular formula is C18H16FN2O6P. The summed E-state index contributed by atoms with van der Waals surface area (Å²) in [5, 5.41) is 0. The molecule has 3 unspecified atom stereocenters. The summed E-state index contributed by atoms with van der Waals surface area (Å²) in [7, 11) is -1.62. The standard InChI is InChI=1S/C18H16FN2O6P/c1-2-11-8-21(18(23)20-17(11)22)16-6-4-14(26-16)10-25-28-24-9-12-7-13(19)3-5-15(12)27-28/h1,3,5,7-8,14,16H,4,6,9-10H2,(H,20,22,23). The molecule has 1 N–H and O–H groups in total. The molecule has 0 saturated carbocycles. The van der Waals surface area contributed by atoms with Crippen LogP contribution in [0.3, 0.4) is 0 Å². The Balaban J connectivity index is 1.35. The summed E-state index contributed by atoms with van der Waals surface area (Å²) in [6.45, 7) is 0.410. The van der Waals surface area contributed by atoms with Crippen molar-refractivity contribution in [2.75, 3.05) is 6.61 Å². The lowest BCUT2D eigenvalue weighted by molar-refractivity contribution is -0.0229. The molecule has 0 bridgehead atoms. The Morgan fingerprint density at radius 1 is 1.39 bits per heavy atom. The third kappa shape index (κ3) is 3.86. The molecule has 0 radical (unpaired) electrons. The zero-order valence-corrected chi connectivity index (χ0v) is 15.5. The van der Waals surface area contributed by atoms with E-state index in [2.05, 4.69) is 10.9 Å². The maximum Gasteiger partial charge on any atom is 0.397 e. The summed E-state index contributed by atoms with van der Waals surface area (Å²) >= 11 is 0. The average molecular weight is 406 g/mol. The second-order valence-electron chi connectivity index (χ2n) is 6.28. The van der Waals surface area contributed by atoms with Crippen LogP contribution in [-0.4, -0.2) is 22.3 Å². The van der Waals surface area contributed by atoms with Gasteiger partial charge in [-0.3, -0.25) is 23.4 Å². The largest absolute Gasteiger partial charge is 0.426 e. The third-order valence-corrected chi connectivity index (χ3v) is 5.45. The summed E-state index contributed by atoms with van der Waals surface area (Å²) in [6.07, 6.45) is 6.98. The van der Waals surface area contributed by atoms with E-state index in [1.54, 1.807) is 6.07 Å². The van der Waals surface area contributed by atoms with Crippen molar-refractivity contribution in [1.82, 2.24) is 9.55 Å². The fourth-order valence-corrected chi connectivity index (χ4v) is 4.05. The van der Waals surface area contributed by atoms with Gasteiger partial charge in [0, 0.05) is 11.8 Å². The summed E-state index contributed by atoms with van der Waals surface area (Å²) < 4.78 is 37.1. The smallest absolute Gasteiger partial charge is 0.397 e. The van der Waals surface area contributed by atoms with Crippen LogP contribution in [0.15, 0.2) is 34.0 Å². The van der Waals surface area contributed by atoms with E-state index in [9.17, 15) is 14.0 Å². The quantitative estimate of drug-likeness (QED) is 0.618. The fourth-order valence-electron chi connectivity index (χ4n) is 3.00. The number of terminal acetylenes is 1. The van der Waals surface area contributed by atoms with Crippen LogP contribution in [0, 0.1) is 18.2 Å². The van der Waals surface area contributed by atoms with E-state index in [0.717, 1.165) is 0 Å². The highest BCUT2D eigenvalue weighted by atomic mass is 31.2. The van der Waals surface area contributed by atoms with Crippen molar-refractivity contribution in [3.05, 3.63) is 62.2 Å². The van der Waals surface area contributed by atoms with Crippen LogP contribution in [0.25, 0.3) is 0 Å². The second-order valence-corrected chi connectivity index (χ2v) is 7.43. The number of nitrogens with one attached hydrogen (secondary N) is 1. The molecule has 1 saturated heterocycles.